The Morgan fingerprint density at radius 3 is 2.32 bits per heavy atom. The van der Waals surface area contributed by atoms with Gasteiger partial charge in [0.25, 0.3) is 5.91 Å². The van der Waals surface area contributed by atoms with Crippen molar-refractivity contribution in [1.82, 2.24) is 4.90 Å². The summed E-state index contributed by atoms with van der Waals surface area (Å²) >= 11 is 0. The minimum absolute atomic E-state index is 0.00467. The number of aliphatic hydroxyl groups excluding tert-OH is 1. The van der Waals surface area contributed by atoms with Crippen LogP contribution in [0.4, 0.5) is 5.69 Å². The van der Waals surface area contributed by atoms with Crippen LogP contribution < -0.4 is 5.32 Å². The van der Waals surface area contributed by atoms with Gasteiger partial charge in [0, 0.05) is 43.7 Å². The Kier molecular flexibility index (Phi) is 9.28. The van der Waals surface area contributed by atoms with Crippen LogP contribution in [-0.2, 0) is 35.1 Å². The van der Waals surface area contributed by atoms with Gasteiger partial charge in [-0.2, -0.15) is 0 Å². The molecule has 2 aliphatic heterocycles. The van der Waals surface area contributed by atoms with Crippen LogP contribution in [0.2, 0.25) is 0 Å². The number of carbonyl (C=O) groups excluding carboxylic acids is 2. The highest BCUT2D eigenvalue weighted by Crippen LogP contribution is 2.42. The van der Waals surface area contributed by atoms with Crippen molar-refractivity contribution in [2.24, 2.45) is 5.92 Å². The number of morpholine rings is 1. The molecule has 2 heterocycles. The van der Waals surface area contributed by atoms with Gasteiger partial charge in [0.15, 0.2) is 12.4 Å². The van der Waals surface area contributed by atoms with Crippen molar-refractivity contribution in [3.8, 4) is 0 Å². The summed E-state index contributed by atoms with van der Waals surface area (Å²) in [5, 5.41) is 12.2. The zero-order chi connectivity index (χ0) is 26.4. The van der Waals surface area contributed by atoms with E-state index in [1.54, 1.807) is 12.1 Å². The van der Waals surface area contributed by atoms with Crippen LogP contribution in [0.15, 0.2) is 48.5 Å². The Labute approximate surface area is 217 Å². The Hall–Kier alpha value is -2.82. The van der Waals surface area contributed by atoms with Crippen LogP contribution in [0.5, 0.6) is 0 Å². The van der Waals surface area contributed by atoms with Gasteiger partial charge in [-0.05, 0) is 30.2 Å². The average molecular weight is 513 g/mol. The van der Waals surface area contributed by atoms with Crippen molar-refractivity contribution in [2.75, 3.05) is 38.2 Å². The van der Waals surface area contributed by atoms with Gasteiger partial charge in [-0.15, -0.1) is 0 Å². The summed E-state index contributed by atoms with van der Waals surface area (Å²) < 4.78 is 23.4. The standard InChI is InChI=1S/C28H36N2O7/c1-18-25(16-30-12-14-34-15-13-30)36-28(37-26(18)22-6-4-21(17-31)5-7-22)23-8-10-24(11-9-23)29-27(33)19(2)35-20(3)32/h4-11,18-19,25-26,28,31H,12-17H2,1-3H3,(H,29,33). The van der Waals surface area contributed by atoms with Crippen molar-refractivity contribution in [1.29, 1.82) is 0 Å². The molecule has 2 aliphatic rings. The van der Waals surface area contributed by atoms with E-state index in [9.17, 15) is 14.7 Å². The van der Waals surface area contributed by atoms with E-state index in [1.165, 1.54) is 13.8 Å². The Balaban J connectivity index is 1.50. The summed E-state index contributed by atoms with van der Waals surface area (Å²) in [6.07, 6.45) is -1.73. The van der Waals surface area contributed by atoms with E-state index >= 15 is 0 Å². The smallest absolute Gasteiger partial charge is 0.303 e. The van der Waals surface area contributed by atoms with Gasteiger partial charge >= 0.3 is 5.97 Å². The first-order valence-corrected chi connectivity index (χ1v) is 12.7. The molecule has 37 heavy (non-hydrogen) atoms. The summed E-state index contributed by atoms with van der Waals surface area (Å²) in [5.74, 6) is -0.815. The van der Waals surface area contributed by atoms with E-state index in [1.807, 2.05) is 36.4 Å². The first-order chi connectivity index (χ1) is 17.8. The van der Waals surface area contributed by atoms with Crippen molar-refractivity contribution in [3.05, 3.63) is 65.2 Å². The normalized spacial score (nSPS) is 25.3. The van der Waals surface area contributed by atoms with Crippen LogP contribution in [0, 0.1) is 5.92 Å². The third-order valence-corrected chi connectivity index (χ3v) is 6.83. The zero-order valence-corrected chi connectivity index (χ0v) is 21.6. The molecule has 2 saturated heterocycles. The van der Waals surface area contributed by atoms with E-state index in [4.69, 9.17) is 18.9 Å². The van der Waals surface area contributed by atoms with Crippen molar-refractivity contribution in [2.45, 2.75) is 52.0 Å². The molecule has 0 radical (unpaired) electrons. The number of benzene rings is 2. The lowest BCUT2D eigenvalue weighted by Crippen LogP contribution is -2.47. The number of carbonyl (C=O) groups is 2. The fourth-order valence-electron chi connectivity index (χ4n) is 4.64. The Bertz CT molecular complexity index is 1040. The number of esters is 1. The first kappa shape index (κ1) is 27.2. The van der Waals surface area contributed by atoms with Gasteiger partial charge in [-0.1, -0.05) is 43.3 Å². The minimum Gasteiger partial charge on any atom is -0.453 e. The molecular formula is C28H36N2O7. The first-order valence-electron chi connectivity index (χ1n) is 12.7. The number of hydrogen-bond donors (Lipinski definition) is 2. The molecule has 0 spiro atoms. The zero-order valence-electron chi connectivity index (χ0n) is 21.6. The second-order valence-electron chi connectivity index (χ2n) is 9.60. The number of aliphatic hydroxyl groups is 1. The van der Waals surface area contributed by atoms with Gasteiger partial charge < -0.3 is 29.4 Å². The summed E-state index contributed by atoms with van der Waals surface area (Å²) in [6, 6.07) is 15.1. The molecular weight excluding hydrogens is 476 g/mol. The predicted octanol–water partition coefficient (Wildman–Crippen LogP) is 3.19. The molecule has 2 aromatic carbocycles. The molecule has 5 atom stereocenters. The third kappa shape index (κ3) is 7.15. The second-order valence-corrected chi connectivity index (χ2v) is 9.60. The number of nitrogens with one attached hydrogen (secondary N) is 1. The van der Waals surface area contributed by atoms with E-state index in [0.29, 0.717) is 5.69 Å². The molecule has 9 nitrogen and oxygen atoms in total. The summed E-state index contributed by atoms with van der Waals surface area (Å²) in [6.45, 7) is 8.89. The largest absolute Gasteiger partial charge is 0.453 e. The SMILES string of the molecule is CC(=O)OC(C)C(=O)Nc1ccc(C2OC(CN3CCOCC3)C(C)C(c3ccc(CO)cc3)O2)cc1. The minimum atomic E-state index is -0.886. The van der Waals surface area contributed by atoms with E-state index in [2.05, 4.69) is 17.1 Å². The number of rotatable bonds is 8. The van der Waals surface area contributed by atoms with Gasteiger partial charge in [0.05, 0.1) is 32.0 Å². The van der Waals surface area contributed by atoms with Crippen LogP contribution in [0.3, 0.4) is 0 Å². The van der Waals surface area contributed by atoms with Crippen LogP contribution in [0.25, 0.3) is 0 Å². The highest BCUT2D eigenvalue weighted by atomic mass is 16.7. The highest BCUT2D eigenvalue weighted by molar-refractivity contribution is 5.94. The summed E-state index contributed by atoms with van der Waals surface area (Å²) in [5.41, 5.74) is 3.30. The lowest BCUT2D eigenvalue weighted by molar-refractivity contribution is -0.277. The topological polar surface area (TPSA) is 107 Å². The summed E-state index contributed by atoms with van der Waals surface area (Å²) in [4.78, 5) is 25.8. The molecule has 200 valence electrons. The highest BCUT2D eigenvalue weighted by Gasteiger charge is 2.39. The van der Waals surface area contributed by atoms with E-state index < -0.39 is 24.3 Å². The van der Waals surface area contributed by atoms with Gasteiger partial charge in [-0.25, -0.2) is 0 Å². The molecule has 0 saturated carbocycles. The Morgan fingerprint density at radius 2 is 1.70 bits per heavy atom. The number of anilines is 1. The van der Waals surface area contributed by atoms with Crippen LogP contribution in [-0.4, -0.2) is 66.9 Å². The lowest BCUT2D eigenvalue weighted by atomic mass is 9.90. The molecule has 2 aromatic rings. The molecule has 2 N–H and O–H groups in total. The van der Waals surface area contributed by atoms with Gasteiger partial charge in [-0.3, -0.25) is 14.5 Å². The molecule has 0 aliphatic carbocycles. The van der Waals surface area contributed by atoms with E-state index in [-0.39, 0.29) is 24.7 Å². The molecule has 9 heteroatoms. The lowest BCUT2D eigenvalue weighted by Gasteiger charge is -2.43. The number of amides is 1. The fourth-order valence-corrected chi connectivity index (χ4v) is 4.64. The maximum absolute atomic E-state index is 12.3. The average Bonchev–Trinajstić information content (AvgIpc) is 2.90. The summed E-state index contributed by atoms with van der Waals surface area (Å²) in [7, 11) is 0. The molecule has 0 aromatic heterocycles. The predicted molar refractivity (Wildman–Crippen MR) is 137 cm³/mol. The maximum atomic E-state index is 12.3. The third-order valence-electron chi connectivity index (χ3n) is 6.83. The van der Waals surface area contributed by atoms with Crippen LogP contribution in [0.1, 0.15) is 49.9 Å². The molecule has 0 bridgehead atoms. The quantitative estimate of drug-likeness (QED) is 0.520. The maximum Gasteiger partial charge on any atom is 0.303 e. The molecule has 1 amide bonds. The van der Waals surface area contributed by atoms with Crippen molar-refractivity contribution >= 4 is 17.6 Å². The van der Waals surface area contributed by atoms with Gasteiger partial charge in [0.1, 0.15) is 0 Å². The van der Waals surface area contributed by atoms with Crippen molar-refractivity contribution < 1.29 is 33.6 Å². The number of ether oxygens (including phenoxy) is 4. The fraction of sp³-hybridized carbons (Fsp3) is 0.500. The Morgan fingerprint density at radius 1 is 1.05 bits per heavy atom. The number of hydrogen-bond acceptors (Lipinski definition) is 8. The van der Waals surface area contributed by atoms with Crippen LogP contribution >= 0.6 is 0 Å². The monoisotopic (exact) mass is 512 g/mol. The van der Waals surface area contributed by atoms with Crippen molar-refractivity contribution in [3.63, 3.8) is 0 Å². The molecule has 2 fully saturated rings. The molecule has 4 rings (SSSR count). The number of nitrogens with zero attached hydrogens (tertiary/aromatic N) is 1. The van der Waals surface area contributed by atoms with Gasteiger partial charge in [0.2, 0.25) is 0 Å². The second kappa shape index (κ2) is 12.6. The molecule has 5 unspecified atom stereocenters. The van der Waals surface area contributed by atoms with E-state index in [0.717, 1.165) is 49.5 Å².